The van der Waals surface area contributed by atoms with Crippen molar-refractivity contribution < 1.29 is 9.90 Å². The Hall–Kier alpha value is -1.03. The van der Waals surface area contributed by atoms with Crippen LogP contribution in [0.25, 0.3) is 0 Å². The molecule has 0 saturated heterocycles. The fourth-order valence-electron chi connectivity index (χ4n) is 1.08. The van der Waals surface area contributed by atoms with Crippen molar-refractivity contribution in [2.45, 2.75) is 6.92 Å². The van der Waals surface area contributed by atoms with Gasteiger partial charge in [-0.15, -0.1) is 0 Å². The van der Waals surface area contributed by atoms with Crippen molar-refractivity contribution in [1.29, 1.82) is 0 Å². The highest BCUT2D eigenvalue weighted by Crippen LogP contribution is 2.19. The van der Waals surface area contributed by atoms with Crippen molar-refractivity contribution in [2.24, 2.45) is 0 Å². The predicted octanol–water partition coefficient (Wildman–Crippen LogP) is 2.83. The van der Waals surface area contributed by atoms with E-state index in [2.05, 4.69) is 15.9 Å². The first-order valence-corrected chi connectivity index (χ1v) is 4.91. The molecule has 0 aromatic heterocycles. The van der Waals surface area contributed by atoms with E-state index in [0.29, 0.717) is 5.69 Å². The highest BCUT2D eigenvalue weighted by Gasteiger charge is 2.13. The van der Waals surface area contributed by atoms with Gasteiger partial charge in [0.25, 0.3) is 0 Å². The molecule has 1 aromatic rings. The van der Waals surface area contributed by atoms with Gasteiger partial charge in [-0.25, -0.2) is 4.79 Å². The Morgan fingerprint density at radius 2 is 2.15 bits per heavy atom. The molecule has 0 radical (unpaired) electrons. The minimum absolute atomic E-state index is 0.285. The zero-order chi connectivity index (χ0) is 9.84. The summed E-state index contributed by atoms with van der Waals surface area (Å²) in [5, 5.41) is 8.85. The second-order valence-electron chi connectivity index (χ2n) is 2.62. The van der Waals surface area contributed by atoms with Crippen molar-refractivity contribution in [3.8, 4) is 0 Å². The van der Waals surface area contributed by atoms with Crippen LogP contribution < -0.4 is 4.90 Å². The molecule has 3 nitrogen and oxygen atoms in total. The number of anilines is 1. The van der Waals surface area contributed by atoms with Crippen LogP contribution in [0.1, 0.15) is 5.56 Å². The number of halogens is 1. The second kappa shape index (κ2) is 4.28. The maximum absolute atomic E-state index is 10.8. The van der Waals surface area contributed by atoms with Gasteiger partial charge in [0.1, 0.15) is 0 Å². The SMILES string of the molecule is Cc1ccccc1N(CBr)C(=O)O. The Bertz CT molecular complexity index is 314. The number of hydrogen-bond donors (Lipinski definition) is 1. The smallest absolute Gasteiger partial charge is 0.412 e. The molecule has 0 aliphatic rings. The topological polar surface area (TPSA) is 40.5 Å². The third kappa shape index (κ3) is 2.21. The lowest BCUT2D eigenvalue weighted by Gasteiger charge is -2.17. The van der Waals surface area contributed by atoms with Crippen molar-refractivity contribution in [1.82, 2.24) is 0 Å². The molecular weight excluding hydrogens is 234 g/mol. The van der Waals surface area contributed by atoms with E-state index in [-0.39, 0.29) is 5.45 Å². The molecule has 0 atom stereocenters. The normalized spacial score (nSPS) is 9.69. The van der Waals surface area contributed by atoms with Crippen molar-refractivity contribution in [3.05, 3.63) is 29.8 Å². The standard InChI is InChI=1S/C9H10BrNO2/c1-7-4-2-3-5-8(7)11(6-10)9(12)13/h2-5H,6H2,1H3,(H,12,13). The van der Waals surface area contributed by atoms with E-state index >= 15 is 0 Å². The zero-order valence-corrected chi connectivity index (χ0v) is 8.78. The molecule has 0 fully saturated rings. The van der Waals surface area contributed by atoms with E-state index in [1.165, 1.54) is 4.90 Å². The number of carboxylic acid groups (broad SMARTS) is 1. The first-order valence-electron chi connectivity index (χ1n) is 3.79. The highest BCUT2D eigenvalue weighted by molar-refractivity contribution is 9.09. The molecular formula is C9H10BrNO2. The number of benzene rings is 1. The lowest BCUT2D eigenvalue weighted by Crippen LogP contribution is -2.27. The Morgan fingerprint density at radius 3 is 2.62 bits per heavy atom. The number of alkyl halides is 1. The van der Waals surface area contributed by atoms with Gasteiger partial charge in [0, 0.05) is 0 Å². The third-order valence-corrected chi connectivity index (χ3v) is 2.26. The second-order valence-corrected chi connectivity index (χ2v) is 3.12. The van der Waals surface area contributed by atoms with E-state index in [1.807, 2.05) is 25.1 Å². The van der Waals surface area contributed by atoms with Crippen LogP contribution in [0.2, 0.25) is 0 Å². The van der Waals surface area contributed by atoms with Gasteiger partial charge in [-0.05, 0) is 18.6 Å². The van der Waals surface area contributed by atoms with Crippen LogP contribution in [-0.2, 0) is 0 Å². The molecule has 4 heteroatoms. The Labute approximate surface area is 85.1 Å². The van der Waals surface area contributed by atoms with Gasteiger partial charge in [0.05, 0.1) is 11.1 Å². The number of amides is 1. The molecule has 0 unspecified atom stereocenters. The van der Waals surface area contributed by atoms with Gasteiger partial charge in [-0.2, -0.15) is 0 Å². The molecule has 0 saturated carbocycles. The lowest BCUT2D eigenvalue weighted by atomic mass is 10.2. The number of hydrogen-bond acceptors (Lipinski definition) is 1. The average molecular weight is 244 g/mol. The Balaban J connectivity index is 3.04. The summed E-state index contributed by atoms with van der Waals surface area (Å²) >= 11 is 3.13. The van der Waals surface area contributed by atoms with Crippen LogP contribution in [0.4, 0.5) is 10.5 Å². The quantitative estimate of drug-likeness (QED) is 0.641. The van der Waals surface area contributed by atoms with Gasteiger partial charge in [-0.3, -0.25) is 4.90 Å². The van der Waals surface area contributed by atoms with Gasteiger partial charge < -0.3 is 5.11 Å². The van der Waals surface area contributed by atoms with E-state index < -0.39 is 6.09 Å². The number of carbonyl (C=O) groups is 1. The number of para-hydroxylation sites is 1. The monoisotopic (exact) mass is 243 g/mol. The fraction of sp³-hybridized carbons (Fsp3) is 0.222. The summed E-state index contributed by atoms with van der Waals surface area (Å²) in [6, 6.07) is 7.37. The molecule has 0 spiro atoms. The molecule has 0 aliphatic carbocycles. The van der Waals surface area contributed by atoms with E-state index in [1.54, 1.807) is 6.07 Å². The van der Waals surface area contributed by atoms with Gasteiger partial charge in [-0.1, -0.05) is 34.1 Å². The summed E-state index contributed by atoms with van der Waals surface area (Å²) in [5.41, 5.74) is 1.95. The summed E-state index contributed by atoms with van der Waals surface area (Å²) in [6.07, 6.45) is -0.953. The first kappa shape index (κ1) is 10.1. The summed E-state index contributed by atoms with van der Waals surface area (Å²) in [4.78, 5) is 12.0. The van der Waals surface area contributed by atoms with Gasteiger partial charge >= 0.3 is 6.09 Å². The van der Waals surface area contributed by atoms with Crippen molar-refractivity contribution in [3.63, 3.8) is 0 Å². The first-order chi connectivity index (χ1) is 6.16. The third-order valence-electron chi connectivity index (χ3n) is 1.76. The van der Waals surface area contributed by atoms with E-state index in [9.17, 15) is 4.79 Å². The number of aryl methyl sites for hydroxylation is 1. The molecule has 1 rings (SSSR count). The molecule has 1 amide bonds. The molecule has 13 heavy (non-hydrogen) atoms. The molecule has 1 N–H and O–H groups in total. The lowest BCUT2D eigenvalue weighted by molar-refractivity contribution is 0.203. The van der Waals surface area contributed by atoms with Gasteiger partial charge in [0.2, 0.25) is 0 Å². The number of nitrogens with zero attached hydrogens (tertiary/aromatic N) is 1. The van der Waals surface area contributed by atoms with Crippen LogP contribution in [-0.4, -0.2) is 16.7 Å². The molecule has 70 valence electrons. The maximum atomic E-state index is 10.8. The van der Waals surface area contributed by atoms with Gasteiger partial charge in [0.15, 0.2) is 0 Å². The fourth-order valence-corrected chi connectivity index (χ4v) is 1.57. The number of rotatable bonds is 2. The molecule has 0 heterocycles. The van der Waals surface area contributed by atoms with Crippen LogP contribution >= 0.6 is 15.9 Å². The van der Waals surface area contributed by atoms with Crippen molar-refractivity contribution in [2.75, 3.05) is 10.4 Å². The highest BCUT2D eigenvalue weighted by atomic mass is 79.9. The van der Waals surface area contributed by atoms with Crippen LogP contribution in [0.3, 0.4) is 0 Å². The molecule has 1 aromatic carbocycles. The molecule has 0 aliphatic heterocycles. The minimum atomic E-state index is -0.953. The Kier molecular flexibility index (Phi) is 3.31. The van der Waals surface area contributed by atoms with E-state index in [4.69, 9.17) is 5.11 Å². The summed E-state index contributed by atoms with van der Waals surface area (Å²) in [7, 11) is 0. The minimum Gasteiger partial charge on any atom is -0.465 e. The maximum Gasteiger partial charge on any atom is 0.412 e. The zero-order valence-electron chi connectivity index (χ0n) is 7.20. The largest absolute Gasteiger partial charge is 0.465 e. The summed E-state index contributed by atoms with van der Waals surface area (Å²) < 4.78 is 0. The van der Waals surface area contributed by atoms with Crippen molar-refractivity contribution >= 4 is 27.7 Å². The predicted molar refractivity (Wildman–Crippen MR) is 55.5 cm³/mol. The Morgan fingerprint density at radius 1 is 1.54 bits per heavy atom. The summed E-state index contributed by atoms with van der Waals surface area (Å²) in [6.45, 7) is 1.88. The average Bonchev–Trinajstić information content (AvgIpc) is 2.09. The summed E-state index contributed by atoms with van der Waals surface area (Å²) in [5.74, 6) is 0. The van der Waals surface area contributed by atoms with Crippen LogP contribution in [0, 0.1) is 6.92 Å². The van der Waals surface area contributed by atoms with Crippen LogP contribution in [0.5, 0.6) is 0 Å². The van der Waals surface area contributed by atoms with Crippen LogP contribution in [0.15, 0.2) is 24.3 Å². The molecule has 0 bridgehead atoms. The van der Waals surface area contributed by atoms with E-state index in [0.717, 1.165) is 5.56 Å².